The zero-order valence-corrected chi connectivity index (χ0v) is 14.3. The first kappa shape index (κ1) is 17.5. The van der Waals surface area contributed by atoms with Gasteiger partial charge in [-0.25, -0.2) is 9.97 Å². The second kappa shape index (κ2) is 7.69. The van der Waals surface area contributed by atoms with E-state index in [1.807, 2.05) is 4.90 Å². The van der Waals surface area contributed by atoms with E-state index >= 15 is 0 Å². The Morgan fingerprint density at radius 2 is 2.12 bits per heavy atom. The summed E-state index contributed by atoms with van der Waals surface area (Å²) in [5.74, 6) is 0.797. The molecule has 1 fully saturated rings. The van der Waals surface area contributed by atoms with E-state index in [4.69, 9.17) is 11.6 Å². The minimum atomic E-state index is -2.85. The van der Waals surface area contributed by atoms with Crippen molar-refractivity contribution in [1.82, 2.24) is 9.97 Å². The van der Waals surface area contributed by atoms with Crippen molar-refractivity contribution >= 4 is 28.8 Å². The number of anilines is 3. The zero-order valence-electron chi connectivity index (χ0n) is 13.5. The molecule has 1 aromatic heterocycles. The maximum Gasteiger partial charge on any atom is 0.387 e. The molecule has 9 heteroatoms. The van der Waals surface area contributed by atoms with Crippen LogP contribution in [-0.2, 0) is 0 Å². The Morgan fingerprint density at radius 3 is 2.88 bits per heavy atom. The lowest BCUT2D eigenvalue weighted by Gasteiger charge is -2.22. The van der Waals surface area contributed by atoms with Crippen molar-refractivity contribution in [3.63, 3.8) is 0 Å². The number of para-hydroxylation sites is 2. The molecule has 1 saturated heterocycles. The van der Waals surface area contributed by atoms with E-state index in [0.29, 0.717) is 28.9 Å². The molecule has 2 heterocycles. The second-order valence-corrected chi connectivity index (χ2v) is 5.92. The fourth-order valence-corrected chi connectivity index (χ4v) is 3.13. The topological polar surface area (TPSA) is 62.3 Å². The van der Waals surface area contributed by atoms with Gasteiger partial charge in [0, 0.05) is 26.2 Å². The summed E-state index contributed by atoms with van der Waals surface area (Å²) in [7, 11) is 1.74. The smallest absolute Gasteiger partial charge is 0.387 e. The number of halogens is 3. The summed E-state index contributed by atoms with van der Waals surface area (Å²) in [6.07, 6.45) is 2.22. The van der Waals surface area contributed by atoms with Crippen LogP contribution in [0.2, 0.25) is 5.15 Å². The van der Waals surface area contributed by atoms with Gasteiger partial charge in [0.25, 0.3) is 0 Å². The number of hydrogen-bond donors (Lipinski definition) is 2. The molecule has 0 bridgehead atoms. The average molecular weight is 370 g/mol. The molecular weight excluding hydrogens is 352 g/mol. The van der Waals surface area contributed by atoms with E-state index < -0.39 is 6.61 Å². The Morgan fingerprint density at radius 1 is 1.32 bits per heavy atom. The molecule has 0 spiro atoms. The zero-order chi connectivity index (χ0) is 17.8. The number of rotatable bonds is 6. The predicted molar refractivity (Wildman–Crippen MR) is 93.9 cm³/mol. The number of aromatic nitrogens is 2. The van der Waals surface area contributed by atoms with Gasteiger partial charge in [0.05, 0.1) is 5.69 Å². The number of hydrogen-bond acceptors (Lipinski definition) is 6. The van der Waals surface area contributed by atoms with Gasteiger partial charge in [-0.1, -0.05) is 23.7 Å². The molecule has 25 heavy (non-hydrogen) atoms. The molecular formula is C16H18ClF2N5O. The van der Waals surface area contributed by atoms with Crippen LogP contribution in [0.25, 0.3) is 0 Å². The number of ether oxygens (including phenoxy) is 1. The molecule has 1 aromatic carbocycles. The summed E-state index contributed by atoms with van der Waals surface area (Å²) in [6, 6.07) is 6.90. The van der Waals surface area contributed by atoms with E-state index in [-0.39, 0.29) is 11.8 Å². The third-order valence-corrected chi connectivity index (χ3v) is 4.29. The standard InChI is InChI=1S/C16H18ClF2N5O/c1-20-13-14(17)21-9-22-15(13)23-10-6-7-24(8-10)11-4-2-3-5-12(11)25-16(18)19/h2-5,9-10,16,20H,6-8H2,1H3,(H,21,22,23). The number of alkyl halides is 2. The van der Waals surface area contributed by atoms with Gasteiger partial charge in [0.2, 0.25) is 0 Å². The van der Waals surface area contributed by atoms with Crippen molar-refractivity contribution in [2.45, 2.75) is 19.1 Å². The van der Waals surface area contributed by atoms with Crippen molar-refractivity contribution in [2.75, 3.05) is 35.7 Å². The molecule has 0 aliphatic carbocycles. The van der Waals surface area contributed by atoms with Gasteiger partial charge < -0.3 is 20.3 Å². The third kappa shape index (κ3) is 4.01. The van der Waals surface area contributed by atoms with Crippen LogP contribution in [0.5, 0.6) is 5.75 Å². The van der Waals surface area contributed by atoms with Crippen LogP contribution in [0.3, 0.4) is 0 Å². The number of benzene rings is 1. The lowest BCUT2D eigenvalue weighted by Crippen LogP contribution is -2.27. The summed E-state index contributed by atoms with van der Waals surface area (Å²) in [6.45, 7) is -1.50. The predicted octanol–water partition coefficient (Wildman–Crippen LogP) is 3.46. The Bertz CT molecular complexity index is 733. The van der Waals surface area contributed by atoms with E-state index in [2.05, 4.69) is 25.3 Å². The lowest BCUT2D eigenvalue weighted by molar-refractivity contribution is -0.0495. The minimum absolute atomic E-state index is 0.0951. The quantitative estimate of drug-likeness (QED) is 0.760. The van der Waals surface area contributed by atoms with Crippen molar-refractivity contribution in [2.24, 2.45) is 0 Å². The third-order valence-electron chi connectivity index (χ3n) is 4.00. The highest BCUT2D eigenvalue weighted by Gasteiger charge is 2.26. The van der Waals surface area contributed by atoms with E-state index in [1.165, 1.54) is 6.33 Å². The highest BCUT2D eigenvalue weighted by atomic mass is 35.5. The van der Waals surface area contributed by atoms with Crippen LogP contribution >= 0.6 is 11.6 Å². The molecule has 0 amide bonds. The Hall–Kier alpha value is -2.35. The summed E-state index contributed by atoms with van der Waals surface area (Å²) in [4.78, 5) is 10.2. The Labute approximate surface area is 149 Å². The van der Waals surface area contributed by atoms with Gasteiger partial charge in [-0.3, -0.25) is 0 Å². The summed E-state index contributed by atoms with van der Waals surface area (Å²) in [5.41, 5.74) is 1.28. The van der Waals surface area contributed by atoms with Gasteiger partial charge in [-0.15, -0.1) is 0 Å². The molecule has 134 valence electrons. The molecule has 0 saturated carbocycles. The van der Waals surface area contributed by atoms with Crippen LogP contribution in [-0.4, -0.2) is 42.8 Å². The maximum atomic E-state index is 12.6. The van der Waals surface area contributed by atoms with Crippen molar-refractivity contribution in [3.8, 4) is 5.75 Å². The largest absolute Gasteiger partial charge is 0.433 e. The van der Waals surface area contributed by atoms with Gasteiger partial charge >= 0.3 is 6.61 Å². The average Bonchev–Trinajstić information content (AvgIpc) is 3.03. The Kier molecular flexibility index (Phi) is 5.37. The molecule has 3 rings (SSSR count). The minimum Gasteiger partial charge on any atom is -0.433 e. The van der Waals surface area contributed by atoms with Crippen LogP contribution in [0, 0.1) is 0 Å². The maximum absolute atomic E-state index is 12.6. The number of nitrogens with zero attached hydrogens (tertiary/aromatic N) is 3. The second-order valence-electron chi connectivity index (χ2n) is 5.56. The fourth-order valence-electron chi connectivity index (χ4n) is 2.90. The van der Waals surface area contributed by atoms with Crippen LogP contribution in [0.1, 0.15) is 6.42 Å². The van der Waals surface area contributed by atoms with Gasteiger partial charge in [-0.05, 0) is 18.6 Å². The van der Waals surface area contributed by atoms with Crippen LogP contribution < -0.4 is 20.3 Å². The molecule has 2 aromatic rings. The van der Waals surface area contributed by atoms with E-state index in [9.17, 15) is 8.78 Å². The lowest BCUT2D eigenvalue weighted by atomic mass is 10.2. The molecule has 1 aliphatic rings. The molecule has 2 N–H and O–H groups in total. The van der Waals surface area contributed by atoms with Gasteiger partial charge in [-0.2, -0.15) is 8.78 Å². The molecule has 6 nitrogen and oxygen atoms in total. The first-order valence-electron chi connectivity index (χ1n) is 7.82. The summed E-state index contributed by atoms with van der Waals surface area (Å²) in [5, 5.41) is 6.65. The van der Waals surface area contributed by atoms with E-state index in [0.717, 1.165) is 13.0 Å². The highest BCUT2D eigenvalue weighted by molar-refractivity contribution is 6.32. The van der Waals surface area contributed by atoms with Crippen LogP contribution in [0.15, 0.2) is 30.6 Å². The fraction of sp³-hybridized carbons (Fsp3) is 0.375. The molecule has 1 atom stereocenters. The first-order chi connectivity index (χ1) is 12.1. The summed E-state index contributed by atoms with van der Waals surface area (Å²) < 4.78 is 29.8. The molecule has 0 radical (unpaired) electrons. The normalized spacial score (nSPS) is 17.0. The SMILES string of the molecule is CNc1c(Cl)ncnc1NC1CCN(c2ccccc2OC(F)F)C1. The van der Waals surface area contributed by atoms with Crippen LogP contribution in [0.4, 0.5) is 26.0 Å². The Balaban J connectivity index is 1.72. The molecule has 1 aliphatic heterocycles. The highest BCUT2D eigenvalue weighted by Crippen LogP contribution is 2.33. The first-order valence-corrected chi connectivity index (χ1v) is 8.20. The summed E-state index contributed by atoms with van der Waals surface area (Å²) >= 11 is 6.06. The van der Waals surface area contributed by atoms with Gasteiger partial charge in [0.15, 0.2) is 11.0 Å². The van der Waals surface area contributed by atoms with Crippen molar-refractivity contribution in [1.29, 1.82) is 0 Å². The van der Waals surface area contributed by atoms with E-state index in [1.54, 1.807) is 31.3 Å². The number of nitrogens with one attached hydrogen (secondary N) is 2. The van der Waals surface area contributed by atoms with Gasteiger partial charge in [0.1, 0.15) is 17.8 Å². The monoisotopic (exact) mass is 369 g/mol. The van der Waals surface area contributed by atoms with Crippen molar-refractivity contribution in [3.05, 3.63) is 35.7 Å². The van der Waals surface area contributed by atoms with Crippen molar-refractivity contribution < 1.29 is 13.5 Å². The molecule has 1 unspecified atom stereocenters.